The fourth-order valence-corrected chi connectivity index (χ4v) is 4.48. The summed E-state index contributed by atoms with van der Waals surface area (Å²) in [5.74, 6) is -0.396. The lowest BCUT2D eigenvalue weighted by atomic mass is 10.1. The predicted molar refractivity (Wildman–Crippen MR) is 115 cm³/mol. The second-order valence-electron chi connectivity index (χ2n) is 6.34. The minimum atomic E-state index is -0.474. The SMILES string of the molecule is O=C(Nc1ccc(Cc2ccncc2)cc1)c1sc2c([N+](=O)[O-])cccc2c1Cl. The van der Waals surface area contributed by atoms with Gasteiger partial charge in [0.1, 0.15) is 9.58 Å². The summed E-state index contributed by atoms with van der Waals surface area (Å²) in [5, 5.41) is 14.8. The topological polar surface area (TPSA) is 85.1 Å². The van der Waals surface area contributed by atoms with Crippen LogP contribution in [-0.4, -0.2) is 15.8 Å². The largest absolute Gasteiger partial charge is 0.321 e. The van der Waals surface area contributed by atoms with Gasteiger partial charge in [0.05, 0.1) is 9.95 Å². The Kier molecular flexibility index (Phi) is 5.24. The molecule has 0 radical (unpaired) electrons. The first kappa shape index (κ1) is 19.0. The molecule has 0 aliphatic carbocycles. The molecule has 0 fully saturated rings. The summed E-state index contributed by atoms with van der Waals surface area (Å²) in [7, 11) is 0. The Morgan fingerprint density at radius 2 is 1.76 bits per heavy atom. The molecule has 0 saturated heterocycles. The fourth-order valence-electron chi connectivity index (χ4n) is 2.99. The number of carbonyl (C=O) groups excluding carboxylic acids is 1. The van der Waals surface area contributed by atoms with Gasteiger partial charge < -0.3 is 5.32 Å². The van der Waals surface area contributed by atoms with Crippen LogP contribution in [0, 0.1) is 10.1 Å². The molecule has 2 aromatic heterocycles. The number of nitro benzene ring substituents is 1. The molecular formula is C21H14ClN3O3S. The van der Waals surface area contributed by atoms with Crippen molar-refractivity contribution in [1.82, 2.24) is 4.98 Å². The van der Waals surface area contributed by atoms with E-state index in [1.807, 2.05) is 36.4 Å². The molecule has 0 bridgehead atoms. The maximum atomic E-state index is 12.7. The van der Waals surface area contributed by atoms with Crippen LogP contribution in [0.4, 0.5) is 11.4 Å². The summed E-state index contributed by atoms with van der Waals surface area (Å²) in [5.41, 5.74) is 2.81. The quantitative estimate of drug-likeness (QED) is 0.329. The highest BCUT2D eigenvalue weighted by Gasteiger charge is 2.22. The number of nitrogens with one attached hydrogen (secondary N) is 1. The van der Waals surface area contributed by atoms with Gasteiger partial charge in [0, 0.05) is 29.5 Å². The van der Waals surface area contributed by atoms with E-state index in [1.165, 1.54) is 6.07 Å². The molecule has 2 aromatic carbocycles. The van der Waals surface area contributed by atoms with E-state index in [1.54, 1.807) is 24.5 Å². The van der Waals surface area contributed by atoms with Gasteiger partial charge in [-0.1, -0.05) is 35.9 Å². The van der Waals surface area contributed by atoms with Crippen molar-refractivity contribution >= 4 is 50.3 Å². The molecule has 0 unspecified atom stereocenters. The predicted octanol–water partition coefficient (Wildman–Crippen LogP) is 5.70. The molecule has 29 heavy (non-hydrogen) atoms. The number of carbonyl (C=O) groups is 1. The average Bonchev–Trinajstić information content (AvgIpc) is 3.07. The van der Waals surface area contributed by atoms with Crippen LogP contribution in [0.25, 0.3) is 10.1 Å². The van der Waals surface area contributed by atoms with Gasteiger partial charge in [0.15, 0.2) is 0 Å². The van der Waals surface area contributed by atoms with Crippen molar-refractivity contribution in [1.29, 1.82) is 0 Å². The van der Waals surface area contributed by atoms with E-state index < -0.39 is 10.8 Å². The summed E-state index contributed by atoms with van der Waals surface area (Å²) in [6, 6.07) is 16.1. The monoisotopic (exact) mass is 423 g/mol. The van der Waals surface area contributed by atoms with Crippen LogP contribution < -0.4 is 5.32 Å². The molecule has 1 N–H and O–H groups in total. The molecule has 6 nitrogen and oxygen atoms in total. The van der Waals surface area contributed by atoms with E-state index in [0.717, 1.165) is 28.9 Å². The fraction of sp³-hybridized carbons (Fsp3) is 0.0476. The van der Waals surface area contributed by atoms with Crippen molar-refractivity contribution in [3.8, 4) is 0 Å². The summed E-state index contributed by atoms with van der Waals surface area (Å²) in [4.78, 5) is 27.7. The number of benzene rings is 2. The lowest BCUT2D eigenvalue weighted by Crippen LogP contribution is -2.10. The Morgan fingerprint density at radius 3 is 2.45 bits per heavy atom. The first-order valence-electron chi connectivity index (χ1n) is 8.67. The molecule has 2 heterocycles. The van der Waals surface area contributed by atoms with Gasteiger partial charge >= 0.3 is 0 Å². The van der Waals surface area contributed by atoms with Crippen molar-refractivity contribution in [2.75, 3.05) is 5.32 Å². The van der Waals surface area contributed by atoms with E-state index in [4.69, 9.17) is 11.6 Å². The zero-order valence-corrected chi connectivity index (χ0v) is 16.5. The lowest BCUT2D eigenvalue weighted by Gasteiger charge is -2.06. The Hall–Kier alpha value is -3.29. The molecule has 4 aromatic rings. The molecule has 4 rings (SSSR count). The zero-order valence-electron chi connectivity index (χ0n) is 15.0. The molecule has 0 saturated carbocycles. The van der Waals surface area contributed by atoms with Crippen LogP contribution in [0.3, 0.4) is 0 Å². The number of rotatable bonds is 5. The van der Waals surface area contributed by atoms with Crippen molar-refractivity contribution < 1.29 is 9.72 Å². The maximum Gasteiger partial charge on any atom is 0.287 e. The Balaban J connectivity index is 1.54. The Bertz CT molecular complexity index is 1210. The second-order valence-corrected chi connectivity index (χ2v) is 7.74. The highest BCUT2D eigenvalue weighted by Crippen LogP contribution is 2.40. The molecule has 0 spiro atoms. The average molecular weight is 424 g/mol. The minimum absolute atomic E-state index is 0.0612. The number of halogens is 1. The van der Waals surface area contributed by atoms with Crippen molar-refractivity contribution in [3.05, 3.63) is 98.1 Å². The molecule has 1 amide bonds. The molecule has 0 aliphatic rings. The third-order valence-corrected chi connectivity index (χ3v) is 6.14. The van der Waals surface area contributed by atoms with Crippen LogP contribution >= 0.6 is 22.9 Å². The van der Waals surface area contributed by atoms with Gasteiger partial charge in [-0.2, -0.15) is 0 Å². The summed E-state index contributed by atoms with van der Waals surface area (Å²) in [6.45, 7) is 0. The van der Waals surface area contributed by atoms with Crippen LogP contribution in [0.15, 0.2) is 67.0 Å². The van der Waals surface area contributed by atoms with E-state index >= 15 is 0 Å². The lowest BCUT2D eigenvalue weighted by molar-refractivity contribution is -0.382. The number of nitro groups is 1. The number of thiophene rings is 1. The number of aromatic nitrogens is 1. The first-order valence-corrected chi connectivity index (χ1v) is 9.87. The van der Waals surface area contributed by atoms with Crippen LogP contribution in [0.2, 0.25) is 5.02 Å². The standard InChI is InChI=1S/C21H14ClN3O3S/c22-18-16-2-1-3-17(25(27)28)19(16)29-20(18)21(26)24-15-6-4-13(5-7-15)12-14-8-10-23-11-9-14/h1-11H,12H2,(H,24,26). The van der Waals surface area contributed by atoms with E-state index in [9.17, 15) is 14.9 Å². The van der Waals surface area contributed by atoms with Gasteiger partial charge in [-0.05, 0) is 41.8 Å². The summed E-state index contributed by atoms with van der Waals surface area (Å²) >= 11 is 7.35. The van der Waals surface area contributed by atoms with Crippen molar-refractivity contribution in [2.45, 2.75) is 6.42 Å². The van der Waals surface area contributed by atoms with Gasteiger partial charge in [-0.15, -0.1) is 11.3 Å². The number of hydrogen-bond acceptors (Lipinski definition) is 5. The molecule has 8 heteroatoms. The van der Waals surface area contributed by atoms with Crippen LogP contribution in [0.1, 0.15) is 20.8 Å². The first-order chi connectivity index (χ1) is 14.0. The van der Waals surface area contributed by atoms with Crippen LogP contribution in [-0.2, 0) is 6.42 Å². The number of nitrogens with zero attached hydrogens (tertiary/aromatic N) is 2. The molecular weight excluding hydrogens is 410 g/mol. The maximum absolute atomic E-state index is 12.7. The molecule has 0 aliphatic heterocycles. The van der Waals surface area contributed by atoms with Gasteiger partial charge in [-0.25, -0.2) is 0 Å². The zero-order chi connectivity index (χ0) is 20.4. The third-order valence-electron chi connectivity index (χ3n) is 4.41. The number of non-ortho nitro benzene ring substituents is 1. The van der Waals surface area contributed by atoms with E-state index in [-0.39, 0.29) is 15.6 Å². The highest BCUT2D eigenvalue weighted by molar-refractivity contribution is 7.22. The van der Waals surface area contributed by atoms with Crippen LogP contribution in [0.5, 0.6) is 0 Å². The van der Waals surface area contributed by atoms with Gasteiger partial charge in [-0.3, -0.25) is 19.9 Å². The summed E-state index contributed by atoms with van der Waals surface area (Å²) < 4.78 is 0.389. The normalized spacial score (nSPS) is 10.8. The smallest absolute Gasteiger partial charge is 0.287 e. The molecule has 0 atom stereocenters. The van der Waals surface area contributed by atoms with Gasteiger partial charge in [0.25, 0.3) is 11.6 Å². The number of amides is 1. The van der Waals surface area contributed by atoms with Gasteiger partial charge in [0.2, 0.25) is 0 Å². The van der Waals surface area contributed by atoms with Crippen molar-refractivity contribution in [2.24, 2.45) is 0 Å². The minimum Gasteiger partial charge on any atom is -0.321 e. The Labute approximate surface area is 174 Å². The number of hydrogen-bond donors (Lipinski definition) is 1. The number of anilines is 1. The summed E-state index contributed by atoms with van der Waals surface area (Å²) in [6.07, 6.45) is 4.27. The highest BCUT2D eigenvalue weighted by atomic mass is 35.5. The number of fused-ring (bicyclic) bond motifs is 1. The second kappa shape index (κ2) is 7.98. The third kappa shape index (κ3) is 3.96. The number of pyridine rings is 1. The van der Waals surface area contributed by atoms with Crippen molar-refractivity contribution in [3.63, 3.8) is 0 Å². The Morgan fingerprint density at radius 1 is 1.07 bits per heavy atom. The van der Waals surface area contributed by atoms with E-state index in [2.05, 4.69) is 10.3 Å². The van der Waals surface area contributed by atoms with E-state index in [0.29, 0.717) is 15.8 Å². The molecule has 144 valence electrons.